The van der Waals surface area contributed by atoms with Crippen LogP contribution in [0.1, 0.15) is 11.3 Å². The van der Waals surface area contributed by atoms with Gasteiger partial charge in [0.25, 0.3) is 0 Å². The lowest BCUT2D eigenvalue weighted by Gasteiger charge is -2.25. The lowest BCUT2D eigenvalue weighted by molar-refractivity contribution is -0.130. The molecule has 2 rings (SSSR count). The Balaban J connectivity index is 1.87. The van der Waals surface area contributed by atoms with E-state index in [-0.39, 0.29) is 29.9 Å². The van der Waals surface area contributed by atoms with Crippen LogP contribution in [0, 0.1) is 0 Å². The SMILES string of the molecule is CN(Cc1cc(Br)cs1)C(=O)CC1CS(=O)(=O)CCN1. The molecule has 5 nitrogen and oxygen atoms in total. The first-order chi connectivity index (χ1) is 9.35. The zero-order chi connectivity index (χ0) is 14.8. The molecule has 0 bridgehead atoms. The van der Waals surface area contributed by atoms with Crippen LogP contribution in [0.4, 0.5) is 0 Å². The van der Waals surface area contributed by atoms with Crippen molar-refractivity contribution in [1.82, 2.24) is 10.2 Å². The van der Waals surface area contributed by atoms with E-state index in [2.05, 4.69) is 21.2 Å². The molecule has 0 spiro atoms. The zero-order valence-electron chi connectivity index (χ0n) is 11.1. The van der Waals surface area contributed by atoms with E-state index in [0.29, 0.717) is 13.1 Å². The number of nitrogens with one attached hydrogen (secondary N) is 1. The number of carbonyl (C=O) groups is 1. The number of thiophene rings is 1. The van der Waals surface area contributed by atoms with E-state index >= 15 is 0 Å². The van der Waals surface area contributed by atoms with Gasteiger partial charge in [-0.1, -0.05) is 0 Å². The van der Waals surface area contributed by atoms with Crippen molar-refractivity contribution in [3.05, 3.63) is 20.8 Å². The standard InChI is InChI=1S/C12H17BrN2O3S2/c1-15(6-11-4-9(13)7-19-11)12(16)5-10-8-20(17,18)3-2-14-10/h4,7,10,14H,2-3,5-6,8H2,1H3. The lowest BCUT2D eigenvalue weighted by atomic mass is 10.2. The van der Waals surface area contributed by atoms with Crippen molar-refractivity contribution >= 4 is 43.0 Å². The Bertz CT molecular complexity index is 585. The second kappa shape index (κ2) is 6.55. The van der Waals surface area contributed by atoms with Gasteiger partial charge in [0.15, 0.2) is 9.84 Å². The quantitative estimate of drug-likeness (QED) is 0.853. The summed E-state index contributed by atoms with van der Waals surface area (Å²) in [6.07, 6.45) is 0.224. The Kier molecular flexibility index (Phi) is 5.22. The summed E-state index contributed by atoms with van der Waals surface area (Å²) in [5.41, 5.74) is 0. The van der Waals surface area contributed by atoms with Crippen LogP contribution < -0.4 is 5.32 Å². The van der Waals surface area contributed by atoms with E-state index < -0.39 is 9.84 Å². The summed E-state index contributed by atoms with van der Waals surface area (Å²) in [5.74, 6) is 0.178. The first-order valence-corrected chi connectivity index (χ1v) is 9.76. The van der Waals surface area contributed by atoms with E-state index in [0.717, 1.165) is 9.35 Å². The molecule has 1 unspecified atom stereocenters. The van der Waals surface area contributed by atoms with Crippen molar-refractivity contribution in [3.63, 3.8) is 0 Å². The molecule has 1 amide bonds. The molecular weight excluding hydrogens is 364 g/mol. The van der Waals surface area contributed by atoms with Gasteiger partial charge in [0, 0.05) is 40.8 Å². The average Bonchev–Trinajstić information content (AvgIpc) is 2.73. The second-order valence-corrected chi connectivity index (χ2v) is 9.09. The van der Waals surface area contributed by atoms with E-state index in [1.54, 1.807) is 23.3 Å². The van der Waals surface area contributed by atoms with Gasteiger partial charge >= 0.3 is 0 Å². The van der Waals surface area contributed by atoms with Crippen molar-refractivity contribution in [2.75, 3.05) is 25.1 Å². The van der Waals surface area contributed by atoms with Gasteiger partial charge in [0.05, 0.1) is 18.1 Å². The van der Waals surface area contributed by atoms with Crippen molar-refractivity contribution < 1.29 is 13.2 Å². The maximum atomic E-state index is 12.1. The molecule has 1 saturated heterocycles. The summed E-state index contributed by atoms with van der Waals surface area (Å²) in [6, 6.07) is 1.72. The Hall–Kier alpha value is -0.440. The summed E-state index contributed by atoms with van der Waals surface area (Å²) in [6.45, 7) is 0.983. The number of sulfone groups is 1. The molecule has 0 radical (unpaired) electrons. The highest BCUT2D eigenvalue weighted by molar-refractivity contribution is 9.10. The first-order valence-electron chi connectivity index (χ1n) is 6.26. The van der Waals surface area contributed by atoms with Gasteiger partial charge in [0.1, 0.15) is 0 Å². The number of hydrogen-bond acceptors (Lipinski definition) is 5. The van der Waals surface area contributed by atoms with Gasteiger partial charge in [-0.15, -0.1) is 11.3 Å². The molecule has 1 aliphatic heterocycles. The van der Waals surface area contributed by atoms with Crippen molar-refractivity contribution in [2.45, 2.75) is 19.0 Å². The summed E-state index contributed by atoms with van der Waals surface area (Å²) in [7, 11) is -1.25. The highest BCUT2D eigenvalue weighted by atomic mass is 79.9. The van der Waals surface area contributed by atoms with Crippen LogP contribution in [0.5, 0.6) is 0 Å². The lowest BCUT2D eigenvalue weighted by Crippen LogP contribution is -2.47. The maximum absolute atomic E-state index is 12.1. The normalized spacial score (nSPS) is 21.6. The fraction of sp³-hybridized carbons (Fsp3) is 0.583. The molecule has 0 aliphatic carbocycles. The summed E-state index contributed by atoms with van der Waals surface area (Å²) >= 11 is 4.97. The van der Waals surface area contributed by atoms with Gasteiger partial charge in [0.2, 0.25) is 5.91 Å². The molecule has 1 aromatic rings. The summed E-state index contributed by atoms with van der Waals surface area (Å²) in [5, 5.41) is 5.07. The van der Waals surface area contributed by atoms with Crippen LogP contribution in [0.25, 0.3) is 0 Å². The third-order valence-corrected chi connectivity index (χ3v) is 6.58. The molecule has 1 aromatic heterocycles. The number of halogens is 1. The predicted octanol–water partition coefficient (Wildman–Crippen LogP) is 1.25. The average molecular weight is 381 g/mol. The van der Waals surface area contributed by atoms with Gasteiger partial charge < -0.3 is 10.2 Å². The Labute approximate surface area is 131 Å². The van der Waals surface area contributed by atoms with Crippen LogP contribution in [-0.2, 0) is 21.2 Å². The first kappa shape index (κ1) is 15.9. The monoisotopic (exact) mass is 380 g/mol. The van der Waals surface area contributed by atoms with Crippen molar-refractivity contribution in [2.24, 2.45) is 0 Å². The minimum atomic E-state index is -3.00. The fourth-order valence-corrected chi connectivity index (χ4v) is 5.07. The zero-order valence-corrected chi connectivity index (χ0v) is 14.4. The Morgan fingerprint density at radius 1 is 1.60 bits per heavy atom. The van der Waals surface area contributed by atoms with Gasteiger partial charge in [-0.25, -0.2) is 8.42 Å². The van der Waals surface area contributed by atoms with Gasteiger partial charge in [-0.05, 0) is 22.0 Å². The van der Waals surface area contributed by atoms with Crippen LogP contribution in [0.2, 0.25) is 0 Å². The molecule has 1 N–H and O–H groups in total. The van der Waals surface area contributed by atoms with Crippen LogP contribution in [0.3, 0.4) is 0 Å². The molecule has 1 atom stereocenters. The molecule has 0 saturated carbocycles. The minimum Gasteiger partial charge on any atom is -0.341 e. The number of rotatable bonds is 4. The number of carbonyl (C=O) groups excluding carboxylic acids is 1. The molecule has 2 heterocycles. The molecule has 1 aliphatic rings. The predicted molar refractivity (Wildman–Crippen MR) is 83.6 cm³/mol. The van der Waals surface area contributed by atoms with Crippen LogP contribution in [-0.4, -0.2) is 50.4 Å². The number of amides is 1. The number of nitrogens with zero attached hydrogens (tertiary/aromatic N) is 1. The topological polar surface area (TPSA) is 66.5 Å². The maximum Gasteiger partial charge on any atom is 0.224 e. The van der Waals surface area contributed by atoms with Crippen molar-refractivity contribution in [3.8, 4) is 0 Å². The van der Waals surface area contributed by atoms with E-state index in [1.807, 2.05) is 11.4 Å². The van der Waals surface area contributed by atoms with Crippen LogP contribution in [0.15, 0.2) is 15.9 Å². The molecule has 8 heteroatoms. The number of hydrogen-bond donors (Lipinski definition) is 1. The van der Waals surface area contributed by atoms with E-state index in [1.165, 1.54) is 0 Å². The summed E-state index contributed by atoms with van der Waals surface area (Å²) in [4.78, 5) is 14.9. The summed E-state index contributed by atoms with van der Waals surface area (Å²) < 4.78 is 24.1. The third-order valence-electron chi connectivity index (χ3n) is 3.16. The second-order valence-electron chi connectivity index (χ2n) is 4.95. The third kappa shape index (κ3) is 4.54. The Morgan fingerprint density at radius 2 is 2.35 bits per heavy atom. The molecule has 1 fully saturated rings. The van der Waals surface area contributed by atoms with E-state index in [4.69, 9.17) is 0 Å². The van der Waals surface area contributed by atoms with Gasteiger partial charge in [-0.2, -0.15) is 0 Å². The molecule has 0 aromatic carbocycles. The molecular formula is C12H17BrN2O3S2. The molecule has 20 heavy (non-hydrogen) atoms. The minimum absolute atomic E-state index is 0.0378. The smallest absolute Gasteiger partial charge is 0.224 e. The molecule has 112 valence electrons. The highest BCUT2D eigenvalue weighted by Gasteiger charge is 2.27. The van der Waals surface area contributed by atoms with Gasteiger partial charge in [-0.3, -0.25) is 4.79 Å². The van der Waals surface area contributed by atoms with Crippen molar-refractivity contribution in [1.29, 1.82) is 0 Å². The highest BCUT2D eigenvalue weighted by Crippen LogP contribution is 2.21. The van der Waals surface area contributed by atoms with Crippen LogP contribution >= 0.6 is 27.3 Å². The van der Waals surface area contributed by atoms with E-state index in [9.17, 15) is 13.2 Å². The fourth-order valence-electron chi connectivity index (χ4n) is 2.12. The largest absolute Gasteiger partial charge is 0.341 e. The Morgan fingerprint density at radius 3 is 2.95 bits per heavy atom.